The molecule has 0 aliphatic heterocycles. The van der Waals surface area contributed by atoms with Gasteiger partial charge in [-0.05, 0) is 12.8 Å². The van der Waals surface area contributed by atoms with E-state index in [-0.39, 0.29) is 12.0 Å². The van der Waals surface area contributed by atoms with Crippen molar-refractivity contribution in [3.8, 4) is 0 Å². The lowest BCUT2D eigenvalue weighted by Crippen LogP contribution is -2.40. The molecule has 2 unspecified atom stereocenters. The molecule has 0 rings (SSSR count). The summed E-state index contributed by atoms with van der Waals surface area (Å²) in [6.07, 6.45) is -0.505. The van der Waals surface area contributed by atoms with E-state index in [9.17, 15) is 0 Å². The summed E-state index contributed by atoms with van der Waals surface area (Å²) in [6, 6.07) is -0.218. The second-order valence-electron chi connectivity index (χ2n) is 2.64. The molecule has 56 valence electrons. The zero-order valence-electron chi connectivity index (χ0n) is 6.13. The third-order valence-electron chi connectivity index (χ3n) is 1.39. The first-order valence-corrected chi connectivity index (χ1v) is 3.17. The van der Waals surface area contributed by atoms with E-state index in [1.807, 2.05) is 13.8 Å². The zero-order chi connectivity index (χ0) is 7.44. The Bertz CT molecular complexity index is 65.5. The first-order valence-electron chi connectivity index (χ1n) is 3.17. The predicted molar refractivity (Wildman–Crippen MR) is 35.2 cm³/mol. The van der Waals surface area contributed by atoms with Crippen molar-refractivity contribution in [1.82, 2.24) is 5.48 Å². The van der Waals surface area contributed by atoms with Crippen molar-refractivity contribution in [2.75, 3.05) is 0 Å². The topological polar surface area (TPSA) is 52.5 Å². The molecule has 9 heavy (non-hydrogen) atoms. The Balaban J connectivity index is 3.68. The molecule has 0 heterocycles. The molecule has 0 aromatic heterocycles. The highest BCUT2D eigenvalue weighted by atomic mass is 16.5. The van der Waals surface area contributed by atoms with Gasteiger partial charge in [0.15, 0.2) is 0 Å². The Kier molecular flexibility index (Phi) is 3.77. The SMILES string of the molecule is CC(C)C(NO)C(C)O. The van der Waals surface area contributed by atoms with E-state index in [0.717, 1.165) is 0 Å². The van der Waals surface area contributed by atoms with Crippen molar-refractivity contribution in [3.05, 3.63) is 0 Å². The fourth-order valence-corrected chi connectivity index (χ4v) is 0.814. The predicted octanol–water partition coefficient (Wildman–Crippen LogP) is 0.371. The quantitative estimate of drug-likeness (QED) is 0.487. The molecule has 0 amide bonds. The molecule has 0 aliphatic carbocycles. The van der Waals surface area contributed by atoms with Crippen LogP contribution in [0.2, 0.25) is 0 Å². The average molecular weight is 133 g/mol. The van der Waals surface area contributed by atoms with Crippen LogP contribution in [0.15, 0.2) is 0 Å². The molecule has 0 spiro atoms. The van der Waals surface area contributed by atoms with E-state index in [4.69, 9.17) is 10.3 Å². The molecular weight excluding hydrogens is 118 g/mol. The molecule has 0 aromatic carbocycles. The van der Waals surface area contributed by atoms with Crippen LogP contribution in [0.3, 0.4) is 0 Å². The highest BCUT2D eigenvalue weighted by molar-refractivity contribution is 4.71. The van der Waals surface area contributed by atoms with Gasteiger partial charge in [-0.3, -0.25) is 0 Å². The lowest BCUT2D eigenvalue weighted by atomic mass is 10.0. The van der Waals surface area contributed by atoms with Crippen LogP contribution in [0.1, 0.15) is 20.8 Å². The first kappa shape index (κ1) is 8.88. The van der Waals surface area contributed by atoms with Crippen LogP contribution in [0.4, 0.5) is 0 Å². The molecule has 0 saturated heterocycles. The highest BCUT2D eigenvalue weighted by Crippen LogP contribution is 2.04. The molecule has 0 aromatic rings. The van der Waals surface area contributed by atoms with Crippen molar-refractivity contribution in [2.24, 2.45) is 5.92 Å². The van der Waals surface area contributed by atoms with E-state index in [0.29, 0.717) is 0 Å². The molecule has 0 aliphatic rings. The Labute approximate surface area is 55.7 Å². The molecule has 3 nitrogen and oxygen atoms in total. The summed E-state index contributed by atoms with van der Waals surface area (Å²) in [6.45, 7) is 5.51. The van der Waals surface area contributed by atoms with Gasteiger partial charge in [-0.1, -0.05) is 13.8 Å². The second-order valence-corrected chi connectivity index (χ2v) is 2.64. The molecule has 3 N–H and O–H groups in total. The van der Waals surface area contributed by atoms with Crippen molar-refractivity contribution >= 4 is 0 Å². The van der Waals surface area contributed by atoms with Crippen LogP contribution >= 0.6 is 0 Å². The Morgan fingerprint density at radius 2 is 1.67 bits per heavy atom. The van der Waals surface area contributed by atoms with Crippen LogP contribution in [0.25, 0.3) is 0 Å². The van der Waals surface area contributed by atoms with Gasteiger partial charge in [0.2, 0.25) is 0 Å². The van der Waals surface area contributed by atoms with Gasteiger partial charge in [0.1, 0.15) is 0 Å². The van der Waals surface area contributed by atoms with E-state index in [2.05, 4.69) is 5.48 Å². The number of hydrogen-bond donors (Lipinski definition) is 3. The van der Waals surface area contributed by atoms with Crippen LogP contribution in [-0.4, -0.2) is 22.5 Å². The number of aliphatic hydroxyl groups is 1. The van der Waals surface area contributed by atoms with Crippen molar-refractivity contribution in [1.29, 1.82) is 0 Å². The van der Waals surface area contributed by atoms with Gasteiger partial charge in [0.05, 0.1) is 12.1 Å². The average Bonchev–Trinajstić information content (AvgIpc) is 1.64. The standard InChI is InChI=1S/C6H15NO2/c1-4(2)6(7-9)5(3)8/h4-9H,1-3H3. The maximum absolute atomic E-state index is 8.96. The Morgan fingerprint density at radius 1 is 1.22 bits per heavy atom. The summed E-state index contributed by atoms with van der Waals surface area (Å²) in [4.78, 5) is 0. The van der Waals surface area contributed by atoms with Gasteiger partial charge in [-0.15, -0.1) is 0 Å². The van der Waals surface area contributed by atoms with Gasteiger partial charge < -0.3 is 10.3 Å². The van der Waals surface area contributed by atoms with E-state index in [1.165, 1.54) is 0 Å². The zero-order valence-corrected chi connectivity index (χ0v) is 6.13. The smallest absolute Gasteiger partial charge is 0.0690 e. The summed E-state index contributed by atoms with van der Waals surface area (Å²) in [7, 11) is 0. The largest absolute Gasteiger partial charge is 0.392 e. The molecule has 0 bridgehead atoms. The fraction of sp³-hybridized carbons (Fsp3) is 1.00. The number of aliphatic hydroxyl groups excluding tert-OH is 1. The van der Waals surface area contributed by atoms with E-state index < -0.39 is 6.10 Å². The van der Waals surface area contributed by atoms with Crippen LogP contribution in [-0.2, 0) is 0 Å². The van der Waals surface area contributed by atoms with Crippen LogP contribution in [0.5, 0.6) is 0 Å². The first-order chi connectivity index (χ1) is 4.09. The van der Waals surface area contributed by atoms with E-state index in [1.54, 1.807) is 6.92 Å². The fourth-order valence-electron chi connectivity index (χ4n) is 0.814. The lowest BCUT2D eigenvalue weighted by Gasteiger charge is -2.21. The van der Waals surface area contributed by atoms with Crippen molar-refractivity contribution < 1.29 is 10.3 Å². The molecule has 0 fully saturated rings. The van der Waals surface area contributed by atoms with Gasteiger partial charge in [0, 0.05) is 0 Å². The lowest BCUT2D eigenvalue weighted by molar-refractivity contribution is 0.0280. The Hall–Kier alpha value is -0.120. The molecular formula is C6H15NO2. The summed E-state index contributed by atoms with van der Waals surface area (Å²) in [5, 5.41) is 17.4. The number of hydroxylamine groups is 1. The van der Waals surface area contributed by atoms with Gasteiger partial charge in [-0.2, -0.15) is 5.48 Å². The van der Waals surface area contributed by atoms with Crippen molar-refractivity contribution in [3.63, 3.8) is 0 Å². The summed E-state index contributed by atoms with van der Waals surface area (Å²) >= 11 is 0. The second kappa shape index (κ2) is 3.82. The van der Waals surface area contributed by atoms with Gasteiger partial charge in [-0.25, -0.2) is 0 Å². The minimum Gasteiger partial charge on any atom is -0.392 e. The highest BCUT2D eigenvalue weighted by Gasteiger charge is 2.16. The van der Waals surface area contributed by atoms with Gasteiger partial charge >= 0.3 is 0 Å². The van der Waals surface area contributed by atoms with Crippen molar-refractivity contribution in [2.45, 2.75) is 32.9 Å². The summed E-state index contributed by atoms with van der Waals surface area (Å²) < 4.78 is 0. The molecule has 0 saturated carbocycles. The maximum Gasteiger partial charge on any atom is 0.0690 e. The monoisotopic (exact) mass is 133 g/mol. The molecule has 3 heteroatoms. The van der Waals surface area contributed by atoms with Gasteiger partial charge in [0.25, 0.3) is 0 Å². The minimum atomic E-state index is -0.505. The van der Waals surface area contributed by atoms with Crippen LogP contribution < -0.4 is 5.48 Å². The summed E-state index contributed by atoms with van der Waals surface area (Å²) in [5.74, 6) is 0.245. The number of nitrogens with one attached hydrogen (secondary N) is 1. The molecule has 0 radical (unpaired) electrons. The maximum atomic E-state index is 8.96. The third-order valence-corrected chi connectivity index (χ3v) is 1.39. The normalized spacial score (nSPS) is 18.0. The van der Waals surface area contributed by atoms with Crippen LogP contribution in [0, 0.1) is 5.92 Å². The third kappa shape index (κ3) is 2.79. The van der Waals surface area contributed by atoms with E-state index >= 15 is 0 Å². The summed E-state index contributed by atoms with van der Waals surface area (Å²) in [5.41, 5.74) is 2.05. The number of hydrogen-bond acceptors (Lipinski definition) is 3. The minimum absolute atomic E-state index is 0.218. The molecule has 2 atom stereocenters. The number of rotatable bonds is 3. The Morgan fingerprint density at radius 3 is 1.67 bits per heavy atom.